The van der Waals surface area contributed by atoms with E-state index in [1.165, 1.54) is 16.2 Å². The average Bonchev–Trinajstić information content (AvgIpc) is 3.14. The van der Waals surface area contributed by atoms with Gasteiger partial charge in [-0.2, -0.15) is 0 Å². The van der Waals surface area contributed by atoms with Crippen molar-refractivity contribution in [2.75, 3.05) is 26.2 Å². The summed E-state index contributed by atoms with van der Waals surface area (Å²) in [4.78, 5) is 29.5. The number of thiazole rings is 1. The van der Waals surface area contributed by atoms with E-state index in [0.29, 0.717) is 27.9 Å². The van der Waals surface area contributed by atoms with Crippen LogP contribution >= 0.6 is 11.3 Å². The molecule has 0 radical (unpaired) electrons. The number of amides is 2. The average molecular weight is 319 g/mol. The van der Waals surface area contributed by atoms with Crippen LogP contribution in [0.25, 0.3) is 0 Å². The predicted molar refractivity (Wildman–Crippen MR) is 80.6 cm³/mol. The lowest BCUT2D eigenvalue weighted by molar-refractivity contribution is 0.0822. The maximum atomic E-state index is 12.2. The highest BCUT2D eigenvalue weighted by molar-refractivity contribution is 7.14. The molecule has 8 heteroatoms. The first kappa shape index (κ1) is 14.3. The van der Waals surface area contributed by atoms with Crippen LogP contribution in [0.2, 0.25) is 0 Å². The number of carbonyl (C=O) groups is 2. The first-order valence-corrected chi connectivity index (χ1v) is 7.31. The molecule has 0 saturated heterocycles. The molecule has 0 atom stereocenters. The molecule has 1 aromatic heterocycles. The number of hydrogen-bond donors (Lipinski definition) is 1. The van der Waals surface area contributed by atoms with Crippen molar-refractivity contribution in [1.82, 2.24) is 9.88 Å². The van der Waals surface area contributed by atoms with Gasteiger partial charge in [0.2, 0.25) is 6.79 Å². The van der Waals surface area contributed by atoms with Crippen molar-refractivity contribution < 1.29 is 19.1 Å². The SMILES string of the molecule is CN(C)C(=O)c1csc(NC(=O)c2ccc3c(c2)OCO3)n1. The van der Waals surface area contributed by atoms with Crippen molar-refractivity contribution >= 4 is 28.3 Å². The zero-order valence-electron chi connectivity index (χ0n) is 12.0. The maximum Gasteiger partial charge on any atom is 0.272 e. The molecule has 7 nitrogen and oxygen atoms in total. The fourth-order valence-corrected chi connectivity index (χ4v) is 2.55. The number of nitrogens with one attached hydrogen (secondary N) is 1. The first-order valence-electron chi connectivity index (χ1n) is 6.43. The minimum atomic E-state index is -0.323. The van der Waals surface area contributed by atoms with E-state index >= 15 is 0 Å². The van der Waals surface area contributed by atoms with E-state index in [1.807, 2.05) is 0 Å². The number of rotatable bonds is 3. The van der Waals surface area contributed by atoms with Crippen molar-refractivity contribution in [1.29, 1.82) is 0 Å². The molecular formula is C14H13N3O4S. The summed E-state index contributed by atoms with van der Waals surface area (Å²) in [5, 5.41) is 4.64. The van der Waals surface area contributed by atoms with Crippen molar-refractivity contribution in [3.05, 3.63) is 34.8 Å². The van der Waals surface area contributed by atoms with Crippen LogP contribution in [0.3, 0.4) is 0 Å². The van der Waals surface area contributed by atoms with Gasteiger partial charge in [-0.05, 0) is 18.2 Å². The van der Waals surface area contributed by atoms with Crippen LogP contribution in [-0.4, -0.2) is 42.6 Å². The third kappa shape index (κ3) is 2.73. The summed E-state index contributed by atoms with van der Waals surface area (Å²) in [6.07, 6.45) is 0. The topological polar surface area (TPSA) is 80.8 Å². The summed E-state index contributed by atoms with van der Waals surface area (Å²) in [5.74, 6) is 0.622. The van der Waals surface area contributed by atoms with Crippen LogP contribution in [0, 0.1) is 0 Å². The van der Waals surface area contributed by atoms with Gasteiger partial charge in [0.1, 0.15) is 5.69 Å². The van der Waals surface area contributed by atoms with Gasteiger partial charge in [-0.15, -0.1) is 11.3 Å². The molecule has 3 rings (SSSR count). The van der Waals surface area contributed by atoms with E-state index in [2.05, 4.69) is 10.3 Å². The molecule has 1 aromatic carbocycles. The highest BCUT2D eigenvalue weighted by Crippen LogP contribution is 2.32. The number of anilines is 1. The van der Waals surface area contributed by atoms with E-state index in [1.54, 1.807) is 37.7 Å². The normalized spacial score (nSPS) is 12.1. The molecule has 22 heavy (non-hydrogen) atoms. The summed E-state index contributed by atoms with van der Waals surface area (Å²) in [5.41, 5.74) is 0.732. The Morgan fingerprint density at radius 2 is 2.05 bits per heavy atom. The van der Waals surface area contributed by atoms with Gasteiger partial charge in [0.15, 0.2) is 16.6 Å². The zero-order chi connectivity index (χ0) is 15.7. The van der Waals surface area contributed by atoms with Crippen LogP contribution in [0.15, 0.2) is 23.6 Å². The minimum absolute atomic E-state index is 0.156. The Morgan fingerprint density at radius 3 is 2.82 bits per heavy atom. The monoisotopic (exact) mass is 319 g/mol. The highest BCUT2D eigenvalue weighted by Gasteiger charge is 2.18. The fourth-order valence-electron chi connectivity index (χ4n) is 1.87. The Labute approximate surface area is 130 Å². The van der Waals surface area contributed by atoms with Gasteiger partial charge in [-0.25, -0.2) is 4.98 Å². The van der Waals surface area contributed by atoms with Crippen LogP contribution in [0.4, 0.5) is 5.13 Å². The number of benzene rings is 1. The third-order valence-electron chi connectivity index (χ3n) is 2.98. The minimum Gasteiger partial charge on any atom is -0.454 e. The summed E-state index contributed by atoms with van der Waals surface area (Å²) in [7, 11) is 3.29. The maximum absolute atomic E-state index is 12.2. The zero-order valence-corrected chi connectivity index (χ0v) is 12.8. The van der Waals surface area contributed by atoms with Gasteiger partial charge in [-0.3, -0.25) is 14.9 Å². The molecule has 2 aromatic rings. The number of nitrogens with zero attached hydrogens (tertiary/aromatic N) is 2. The second-order valence-corrected chi connectivity index (χ2v) is 5.62. The van der Waals surface area contributed by atoms with Gasteiger partial charge in [0.25, 0.3) is 11.8 Å². The molecule has 2 amide bonds. The second kappa shape index (κ2) is 5.64. The molecule has 2 heterocycles. The van der Waals surface area contributed by atoms with Crippen molar-refractivity contribution in [2.24, 2.45) is 0 Å². The van der Waals surface area contributed by atoms with Gasteiger partial charge in [-0.1, -0.05) is 0 Å². The largest absolute Gasteiger partial charge is 0.454 e. The van der Waals surface area contributed by atoms with Crippen molar-refractivity contribution in [3.8, 4) is 11.5 Å². The Bertz CT molecular complexity index is 741. The lowest BCUT2D eigenvalue weighted by atomic mass is 10.2. The standard InChI is InChI=1S/C14H13N3O4S/c1-17(2)13(19)9-6-22-14(15-9)16-12(18)8-3-4-10-11(5-8)21-7-20-10/h3-6H,7H2,1-2H3,(H,15,16,18). The lowest BCUT2D eigenvalue weighted by Crippen LogP contribution is -2.22. The number of aromatic nitrogens is 1. The Hall–Kier alpha value is -2.61. The molecule has 0 bridgehead atoms. The number of hydrogen-bond acceptors (Lipinski definition) is 6. The summed E-state index contributed by atoms with van der Waals surface area (Å²) in [6.45, 7) is 0.156. The summed E-state index contributed by atoms with van der Waals surface area (Å²) in [6, 6.07) is 4.93. The Kier molecular flexibility index (Phi) is 3.68. The van der Waals surface area contributed by atoms with Crippen LogP contribution in [0.5, 0.6) is 11.5 Å². The van der Waals surface area contributed by atoms with Gasteiger partial charge < -0.3 is 14.4 Å². The van der Waals surface area contributed by atoms with Gasteiger partial charge in [0, 0.05) is 25.0 Å². The molecule has 0 saturated carbocycles. The molecular weight excluding hydrogens is 306 g/mol. The van der Waals surface area contributed by atoms with Crippen molar-refractivity contribution in [2.45, 2.75) is 0 Å². The fraction of sp³-hybridized carbons (Fsp3) is 0.214. The van der Waals surface area contributed by atoms with Crippen LogP contribution in [-0.2, 0) is 0 Å². The van der Waals surface area contributed by atoms with Crippen LogP contribution < -0.4 is 14.8 Å². The third-order valence-corrected chi connectivity index (χ3v) is 3.74. The van der Waals surface area contributed by atoms with E-state index in [4.69, 9.17) is 9.47 Å². The highest BCUT2D eigenvalue weighted by atomic mass is 32.1. The smallest absolute Gasteiger partial charge is 0.272 e. The van der Waals surface area contributed by atoms with E-state index in [9.17, 15) is 9.59 Å². The number of fused-ring (bicyclic) bond motifs is 1. The molecule has 1 aliphatic rings. The molecule has 0 spiro atoms. The molecule has 0 aliphatic carbocycles. The van der Waals surface area contributed by atoms with E-state index in [-0.39, 0.29) is 18.6 Å². The molecule has 0 unspecified atom stereocenters. The first-order chi connectivity index (χ1) is 10.5. The number of carbonyl (C=O) groups excluding carboxylic acids is 2. The van der Waals surface area contributed by atoms with Crippen molar-refractivity contribution in [3.63, 3.8) is 0 Å². The molecule has 0 fully saturated rings. The molecule has 1 aliphatic heterocycles. The van der Waals surface area contributed by atoms with Gasteiger partial charge >= 0.3 is 0 Å². The number of ether oxygens (including phenoxy) is 2. The molecule has 114 valence electrons. The van der Waals surface area contributed by atoms with E-state index in [0.717, 1.165) is 0 Å². The lowest BCUT2D eigenvalue weighted by Gasteiger charge is -2.06. The quantitative estimate of drug-likeness (QED) is 0.933. The van der Waals surface area contributed by atoms with Crippen LogP contribution in [0.1, 0.15) is 20.8 Å². The van der Waals surface area contributed by atoms with Gasteiger partial charge in [0.05, 0.1) is 0 Å². The molecule has 1 N–H and O–H groups in total. The van der Waals surface area contributed by atoms with E-state index < -0.39 is 0 Å². The Morgan fingerprint density at radius 1 is 1.27 bits per heavy atom. The predicted octanol–water partition coefficient (Wildman–Crippen LogP) is 1.83. The second-order valence-electron chi connectivity index (χ2n) is 4.76. The summed E-state index contributed by atoms with van der Waals surface area (Å²) >= 11 is 1.20. The summed E-state index contributed by atoms with van der Waals surface area (Å²) < 4.78 is 10.4. The Balaban J connectivity index is 1.73.